The van der Waals surface area contributed by atoms with Gasteiger partial charge < -0.3 is 15.0 Å². The third kappa shape index (κ3) is 8.45. The number of hydrogen-bond acceptors (Lipinski definition) is 3. The van der Waals surface area contributed by atoms with Gasteiger partial charge in [0.15, 0.2) is 0 Å². The molecule has 2 amide bonds. The number of carbonyl (C=O) groups is 2. The molecule has 0 spiro atoms. The van der Waals surface area contributed by atoms with E-state index < -0.39 is 6.04 Å². The zero-order valence-corrected chi connectivity index (χ0v) is 21.1. The predicted molar refractivity (Wildman–Crippen MR) is 141 cm³/mol. The lowest BCUT2D eigenvalue weighted by Crippen LogP contribution is -2.50. The average molecular weight is 493 g/mol. The lowest BCUT2D eigenvalue weighted by molar-refractivity contribution is -0.141. The maximum absolute atomic E-state index is 13.5. The van der Waals surface area contributed by atoms with Crippen molar-refractivity contribution >= 4 is 23.4 Å². The van der Waals surface area contributed by atoms with Crippen LogP contribution in [-0.4, -0.2) is 35.9 Å². The van der Waals surface area contributed by atoms with Crippen LogP contribution in [0.5, 0.6) is 5.75 Å². The fourth-order valence-electron chi connectivity index (χ4n) is 3.94. The van der Waals surface area contributed by atoms with Gasteiger partial charge in [-0.2, -0.15) is 0 Å². The Bertz CT molecular complexity index is 1090. The molecule has 184 valence electrons. The van der Waals surface area contributed by atoms with Crippen LogP contribution in [-0.2, 0) is 22.6 Å². The Hall–Kier alpha value is -3.31. The molecule has 0 aliphatic heterocycles. The summed E-state index contributed by atoms with van der Waals surface area (Å²) in [6, 6.07) is 24.4. The molecule has 0 heterocycles. The van der Waals surface area contributed by atoms with Crippen molar-refractivity contribution in [3.63, 3.8) is 0 Å². The Labute approximate surface area is 213 Å². The standard InChI is InChI=1S/C29H33ClN2O3/c1-3-31-29(34)27(20-23-10-5-4-6-11-23)32(21-24-12-7-9-22(2)19-24)28(33)13-8-18-35-26-16-14-25(30)15-17-26/h4-7,9-12,14-17,19,27H,3,8,13,18,20-21H2,1-2H3,(H,31,34). The van der Waals surface area contributed by atoms with Gasteiger partial charge >= 0.3 is 0 Å². The minimum Gasteiger partial charge on any atom is -0.494 e. The second kappa shape index (κ2) is 13.5. The monoisotopic (exact) mass is 492 g/mol. The zero-order chi connectivity index (χ0) is 25.0. The first kappa shape index (κ1) is 26.3. The van der Waals surface area contributed by atoms with Crippen molar-refractivity contribution in [3.05, 3.63) is 101 Å². The van der Waals surface area contributed by atoms with Crippen LogP contribution < -0.4 is 10.1 Å². The number of hydrogen-bond donors (Lipinski definition) is 1. The molecule has 5 nitrogen and oxygen atoms in total. The van der Waals surface area contributed by atoms with Gasteiger partial charge in [-0.25, -0.2) is 0 Å². The molecule has 6 heteroatoms. The predicted octanol–water partition coefficient (Wildman–Crippen LogP) is 5.58. The van der Waals surface area contributed by atoms with E-state index in [1.807, 2.05) is 62.4 Å². The molecule has 0 fully saturated rings. The van der Waals surface area contributed by atoms with Crippen molar-refractivity contribution in [1.29, 1.82) is 0 Å². The number of aryl methyl sites for hydroxylation is 1. The van der Waals surface area contributed by atoms with E-state index in [0.29, 0.717) is 43.3 Å². The molecule has 0 aromatic heterocycles. The molecular formula is C29H33ClN2O3. The van der Waals surface area contributed by atoms with Gasteiger partial charge in [0.25, 0.3) is 0 Å². The molecule has 3 rings (SSSR count). The van der Waals surface area contributed by atoms with Crippen LogP contribution >= 0.6 is 11.6 Å². The van der Waals surface area contributed by atoms with E-state index in [2.05, 4.69) is 11.4 Å². The van der Waals surface area contributed by atoms with Crippen molar-refractivity contribution in [2.24, 2.45) is 0 Å². The highest BCUT2D eigenvalue weighted by Crippen LogP contribution is 2.18. The third-order valence-corrected chi connectivity index (χ3v) is 5.93. The van der Waals surface area contributed by atoms with Gasteiger partial charge in [-0.1, -0.05) is 71.8 Å². The van der Waals surface area contributed by atoms with E-state index in [0.717, 1.165) is 16.7 Å². The maximum atomic E-state index is 13.5. The first-order chi connectivity index (χ1) is 17.0. The number of amides is 2. The summed E-state index contributed by atoms with van der Waals surface area (Å²) in [6.07, 6.45) is 1.27. The molecule has 0 radical (unpaired) electrons. The van der Waals surface area contributed by atoms with Gasteiger partial charge in [-0.15, -0.1) is 0 Å². The summed E-state index contributed by atoms with van der Waals surface area (Å²) < 4.78 is 5.76. The number of halogens is 1. The average Bonchev–Trinajstić information content (AvgIpc) is 2.86. The number of ether oxygens (including phenoxy) is 1. The quantitative estimate of drug-likeness (QED) is 0.335. The van der Waals surface area contributed by atoms with Crippen molar-refractivity contribution in [2.75, 3.05) is 13.2 Å². The van der Waals surface area contributed by atoms with Crippen molar-refractivity contribution in [1.82, 2.24) is 10.2 Å². The Morgan fingerprint density at radius 1 is 0.971 bits per heavy atom. The summed E-state index contributed by atoms with van der Waals surface area (Å²) in [5.41, 5.74) is 3.12. The fraction of sp³-hybridized carbons (Fsp3) is 0.310. The Morgan fingerprint density at radius 3 is 2.37 bits per heavy atom. The van der Waals surface area contributed by atoms with Crippen molar-refractivity contribution in [3.8, 4) is 5.75 Å². The van der Waals surface area contributed by atoms with Crippen LogP contribution in [0, 0.1) is 6.92 Å². The summed E-state index contributed by atoms with van der Waals surface area (Å²) in [5.74, 6) is 0.496. The third-order valence-electron chi connectivity index (χ3n) is 5.67. The SMILES string of the molecule is CCNC(=O)C(Cc1ccccc1)N(Cc1cccc(C)c1)C(=O)CCCOc1ccc(Cl)cc1. The van der Waals surface area contributed by atoms with Crippen LogP contribution in [0.1, 0.15) is 36.5 Å². The molecule has 35 heavy (non-hydrogen) atoms. The van der Waals surface area contributed by atoms with E-state index in [-0.39, 0.29) is 18.2 Å². The number of nitrogens with one attached hydrogen (secondary N) is 1. The van der Waals surface area contributed by atoms with E-state index in [4.69, 9.17) is 16.3 Å². The van der Waals surface area contributed by atoms with Gasteiger partial charge in [0, 0.05) is 31.0 Å². The molecule has 0 aliphatic carbocycles. The molecule has 3 aromatic carbocycles. The molecule has 0 saturated carbocycles. The van der Waals surface area contributed by atoms with E-state index in [1.54, 1.807) is 29.2 Å². The van der Waals surface area contributed by atoms with Crippen LogP contribution in [0.4, 0.5) is 0 Å². The van der Waals surface area contributed by atoms with Crippen molar-refractivity contribution in [2.45, 2.75) is 45.7 Å². The number of benzene rings is 3. The van der Waals surface area contributed by atoms with Gasteiger partial charge in [-0.05, 0) is 55.7 Å². The Morgan fingerprint density at radius 2 is 1.69 bits per heavy atom. The maximum Gasteiger partial charge on any atom is 0.243 e. The zero-order valence-electron chi connectivity index (χ0n) is 20.4. The first-order valence-corrected chi connectivity index (χ1v) is 12.4. The van der Waals surface area contributed by atoms with Gasteiger partial charge in [0.05, 0.1) is 6.61 Å². The molecule has 1 unspecified atom stereocenters. The largest absolute Gasteiger partial charge is 0.494 e. The first-order valence-electron chi connectivity index (χ1n) is 12.0. The highest BCUT2D eigenvalue weighted by atomic mass is 35.5. The number of nitrogens with zero attached hydrogens (tertiary/aromatic N) is 1. The second-order valence-electron chi connectivity index (χ2n) is 8.52. The number of carbonyl (C=O) groups excluding carboxylic acids is 2. The van der Waals surface area contributed by atoms with Gasteiger partial charge in [0.2, 0.25) is 11.8 Å². The van der Waals surface area contributed by atoms with E-state index >= 15 is 0 Å². The summed E-state index contributed by atoms with van der Waals surface area (Å²) in [7, 11) is 0. The summed E-state index contributed by atoms with van der Waals surface area (Å²) in [6.45, 7) is 5.18. The summed E-state index contributed by atoms with van der Waals surface area (Å²) >= 11 is 5.92. The van der Waals surface area contributed by atoms with Crippen LogP contribution in [0.25, 0.3) is 0 Å². The van der Waals surface area contributed by atoms with Crippen LogP contribution in [0.3, 0.4) is 0 Å². The highest BCUT2D eigenvalue weighted by molar-refractivity contribution is 6.30. The Kier molecular flexibility index (Phi) is 10.2. The fourth-order valence-corrected chi connectivity index (χ4v) is 4.07. The van der Waals surface area contributed by atoms with Gasteiger partial charge in [-0.3, -0.25) is 9.59 Å². The number of rotatable bonds is 12. The molecule has 0 aliphatic rings. The second-order valence-corrected chi connectivity index (χ2v) is 8.95. The van der Waals surface area contributed by atoms with E-state index in [1.165, 1.54) is 0 Å². The molecule has 0 bridgehead atoms. The Balaban J connectivity index is 1.76. The molecule has 3 aromatic rings. The van der Waals surface area contributed by atoms with Crippen molar-refractivity contribution < 1.29 is 14.3 Å². The molecule has 1 N–H and O–H groups in total. The lowest BCUT2D eigenvalue weighted by Gasteiger charge is -2.31. The lowest BCUT2D eigenvalue weighted by atomic mass is 10.0. The molecule has 1 atom stereocenters. The minimum atomic E-state index is -0.609. The summed E-state index contributed by atoms with van der Waals surface area (Å²) in [4.78, 5) is 28.4. The smallest absolute Gasteiger partial charge is 0.243 e. The van der Waals surface area contributed by atoms with E-state index in [9.17, 15) is 9.59 Å². The van der Waals surface area contributed by atoms with Crippen LogP contribution in [0.15, 0.2) is 78.9 Å². The minimum absolute atomic E-state index is 0.0709. The normalized spacial score (nSPS) is 11.5. The molecular weight excluding hydrogens is 460 g/mol. The topological polar surface area (TPSA) is 58.6 Å². The van der Waals surface area contributed by atoms with Gasteiger partial charge in [0.1, 0.15) is 11.8 Å². The molecule has 0 saturated heterocycles. The van der Waals surface area contributed by atoms with Crippen LogP contribution in [0.2, 0.25) is 5.02 Å². The summed E-state index contributed by atoms with van der Waals surface area (Å²) in [5, 5.41) is 3.57. The highest BCUT2D eigenvalue weighted by Gasteiger charge is 2.29. The number of likely N-dealkylation sites (N-methyl/N-ethyl adjacent to an activating group) is 1.